The molecule has 0 aliphatic carbocycles. The highest BCUT2D eigenvalue weighted by Gasteiger charge is 2.18. The van der Waals surface area contributed by atoms with E-state index < -0.39 is 5.97 Å². The first-order chi connectivity index (χ1) is 7.25. The maximum Gasteiger partial charge on any atom is 0.393 e. The molecular formula is C9H13N3O3. The molecule has 1 aromatic rings. The SMILES string of the molecule is O=C(O)c1nnc(CC2CCNCC2)o1. The summed E-state index contributed by atoms with van der Waals surface area (Å²) in [4.78, 5) is 10.5. The van der Waals surface area contributed by atoms with Gasteiger partial charge in [0.15, 0.2) is 0 Å². The molecule has 6 heteroatoms. The summed E-state index contributed by atoms with van der Waals surface area (Å²) >= 11 is 0. The number of carbonyl (C=O) groups is 1. The molecule has 2 rings (SSSR count). The van der Waals surface area contributed by atoms with Gasteiger partial charge in [-0.25, -0.2) is 4.79 Å². The molecule has 15 heavy (non-hydrogen) atoms. The number of nitrogens with zero attached hydrogens (tertiary/aromatic N) is 2. The Morgan fingerprint density at radius 3 is 2.80 bits per heavy atom. The van der Waals surface area contributed by atoms with Gasteiger partial charge >= 0.3 is 11.9 Å². The van der Waals surface area contributed by atoms with Gasteiger partial charge in [-0.3, -0.25) is 0 Å². The number of rotatable bonds is 3. The molecule has 1 aromatic heterocycles. The van der Waals surface area contributed by atoms with Crippen LogP contribution in [0.25, 0.3) is 0 Å². The number of carboxylic acids is 1. The van der Waals surface area contributed by atoms with Crippen LogP contribution >= 0.6 is 0 Å². The molecule has 2 N–H and O–H groups in total. The zero-order chi connectivity index (χ0) is 10.7. The summed E-state index contributed by atoms with van der Waals surface area (Å²) < 4.78 is 5.01. The van der Waals surface area contributed by atoms with Gasteiger partial charge < -0.3 is 14.8 Å². The number of carboxylic acid groups (broad SMARTS) is 1. The van der Waals surface area contributed by atoms with Crippen LogP contribution in [-0.4, -0.2) is 34.4 Å². The van der Waals surface area contributed by atoms with Crippen LogP contribution in [0.1, 0.15) is 29.4 Å². The lowest BCUT2D eigenvalue weighted by Crippen LogP contribution is -2.28. The van der Waals surface area contributed by atoms with Crippen LogP contribution in [0.4, 0.5) is 0 Å². The highest BCUT2D eigenvalue weighted by molar-refractivity contribution is 5.81. The van der Waals surface area contributed by atoms with Crippen molar-refractivity contribution in [1.29, 1.82) is 0 Å². The van der Waals surface area contributed by atoms with Crippen molar-refractivity contribution in [1.82, 2.24) is 15.5 Å². The molecule has 6 nitrogen and oxygen atoms in total. The Hall–Kier alpha value is -1.43. The number of aromatic carboxylic acids is 1. The van der Waals surface area contributed by atoms with E-state index in [2.05, 4.69) is 15.5 Å². The Morgan fingerprint density at radius 1 is 1.47 bits per heavy atom. The Bertz CT molecular complexity index is 344. The predicted octanol–water partition coefficient (Wildman–Crippen LogP) is 0.310. The minimum absolute atomic E-state index is 0.320. The van der Waals surface area contributed by atoms with E-state index in [0.29, 0.717) is 18.2 Å². The second-order valence-corrected chi connectivity index (χ2v) is 3.70. The molecule has 0 aromatic carbocycles. The van der Waals surface area contributed by atoms with Crippen LogP contribution in [0.3, 0.4) is 0 Å². The predicted molar refractivity (Wildman–Crippen MR) is 50.6 cm³/mol. The lowest BCUT2D eigenvalue weighted by atomic mass is 9.95. The van der Waals surface area contributed by atoms with E-state index in [-0.39, 0.29) is 5.89 Å². The molecule has 0 amide bonds. The summed E-state index contributed by atoms with van der Waals surface area (Å²) in [6.07, 6.45) is 2.83. The Balaban J connectivity index is 1.94. The van der Waals surface area contributed by atoms with E-state index in [9.17, 15) is 4.79 Å². The fourth-order valence-corrected chi connectivity index (χ4v) is 1.76. The molecule has 1 fully saturated rings. The topological polar surface area (TPSA) is 88.2 Å². The zero-order valence-electron chi connectivity index (χ0n) is 8.27. The fourth-order valence-electron chi connectivity index (χ4n) is 1.76. The third kappa shape index (κ3) is 2.53. The number of aromatic nitrogens is 2. The first-order valence-corrected chi connectivity index (χ1v) is 5.02. The minimum Gasteiger partial charge on any atom is -0.474 e. The van der Waals surface area contributed by atoms with Crippen molar-refractivity contribution in [3.8, 4) is 0 Å². The average Bonchev–Trinajstić information content (AvgIpc) is 2.68. The number of piperidine rings is 1. The van der Waals surface area contributed by atoms with Gasteiger partial charge in [0.2, 0.25) is 5.89 Å². The van der Waals surface area contributed by atoms with Crippen molar-refractivity contribution in [2.45, 2.75) is 19.3 Å². The highest BCUT2D eigenvalue weighted by Crippen LogP contribution is 2.17. The number of nitrogens with one attached hydrogen (secondary N) is 1. The van der Waals surface area contributed by atoms with Gasteiger partial charge in [0.05, 0.1) is 0 Å². The molecule has 1 saturated heterocycles. The molecular weight excluding hydrogens is 198 g/mol. The molecule has 2 heterocycles. The first kappa shape index (κ1) is 10.1. The zero-order valence-corrected chi connectivity index (χ0v) is 8.27. The summed E-state index contributed by atoms with van der Waals surface area (Å²) in [5, 5.41) is 19.0. The van der Waals surface area contributed by atoms with Crippen LogP contribution in [0.15, 0.2) is 4.42 Å². The van der Waals surface area contributed by atoms with Crippen LogP contribution in [-0.2, 0) is 6.42 Å². The maximum absolute atomic E-state index is 10.5. The van der Waals surface area contributed by atoms with Crippen LogP contribution in [0, 0.1) is 5.92 Å². The monoisotopic (exact) mass is 211 g/mol. The molecule has 0 saturated carbocycles. The van der Waals surface area contributed by atoms with Gasteiger partial charge in [0.25, 0.3) is 0 Å². The fraction of sp³-hybridized carbons (Fsp3) is 0.667. The summed E-state index contributed by atoms with van der Waals surface area (Å²) in [5.41, 5.74) is 0. The third-order valence-electron chi connectivity index (χ3n) is 2.57. The normalized spacial score (nSPS) is 17.9. The minimum atomic E-state index is -1.17. The van der Waals surface area contributed by atoms with E-state index in [0.717, 1.165) is 25.9 Å². The summed E-state index contributed by atoms with van der Waals surface area (Å²) in [7, 11) is 0. The van der Waals surface area contributed by atoms with Gasteiger partial charge in [-0.05, 0) is 31.8 Å². The molecule has 82 valence electrons. The van der Waals surface area contributed by atoms with Gasteiger partial charge in [-0.15, -0.1) is 10.2 Å². The van der Waals surface area contributed by atoms with Crippen molar-refractivity contribution in [2.75, 3.05) is 13.1 Å². The van der Waals surface area contributed by atoms with E-state index in [1.54, 1.807) is 0 Å². The smallest absolute Gasteiger partial charge is 0.393 e. The van der Waals surface area contributed by atoms with Crippen molar-refractivity contribution >= 4 is 5.97 Å². The quantitative estimate of drug-likeness (QED) is 0.748. The van der Waals surface area contributed by atoms with Crippen LogP contribution < -0.4 is 5.32 Å². The molecule has 0 spiro atoms. The second kappa shape index (κ2) is 4.39. The Labute approximate surface area is 86.7 Å². The molecule has 1 aliphatic rings. The van der Waals surface area contributed by atoms with E-state index in [4.69, 9.17) is 9.52 Å². The van der Waals surface area contributed by atoms with Gasteiger partial charge in [-0.1, -0.05) is 0 Å². The summed E-state index contributed by atoms with van der Waals surface area (Å²) in [5.74, 6) is -0.536. The highest BCUT2D eigenvalue weighted by atomic mass is 16.4. The summed E-state index contributed by atoms with van der Waals surface area (Å²) in [6.45, 7) is 2.01. The lowest BCUT2D eigenvalue weighted by Gasteiger charge is -2.20. The molecule has 1 aliphatic heterocycles. The van der Waals surface area contributed by atoms with Crippen LogP contribution in [0.5, 0.6) is 0 Å². The Kier molecular flexibility index (Phi) is 2.96. The van der Waals surface area contributed by atoms with Gasteiger partial charge in [0.1, 0.15) is 0 Å². The number of hydrogen-bond donors (Lipinski definition) is 2. The maximum atomic E-state index is 10.5. The van der Waals surface area contributed by atoms with Crippen LogP contribution in [0.2, 0.25) is 0 Å². The lowest BCUT2D eigenvalue weighted by molar-refractivity contribution is 0.0651. The van der Waals surface area contributed by atoms with Crippen molar-refractivity contribution in [3.05, 3.63) is 11.8 Å². The van der Waals surface area contributed by atoms with Gasteiger partial charge in [0, 0.05) is 6.42 Å². The molecule has 0 radical (unpaired) electrons. The average molecular weight is 211 g/mol. The molecule has 0 bridgehead atoms. The standard InChI is InChI=1S/C9H13N3O3/c13-9(14)8-12-11-7(15-8)5-6-1-3-10-4-2-6/h6,10H,1-5H2,(H,13,14). The van der Waals surface area contributed by atoms with E-state index >= 15 is 0 Å². The van der Waals surface area contributed by atoms with E-state index in [1.807, 2.05) is 0 Å². The number of hydrogen-bond acceptors (Lipinski definition) is 5. The van der Waals surface area contributed by atoms with Crippen molar-refractivity contribution in [2.24, 2.45) is 5.92 Å². The van der Waals surface area contributed by atoms with Crippen molar-refractivity contribution < 1.29 is 14.3 Å². The van der Waals surface area contributed by atoms with Gasteiger partial charge in [-0.2, -0.15) is 0 Å². The molecule has 0 unspecified atom stereocenters. The first-order valence-electron chi connectivity index (χ1n) is 5.02. The molecule has 0 atom stereocenters. The summed E-state index contributed by atoms with van der Waals surface area (Å²) in [6, 6.07) is 0. The largest absolute Gasteiger partial charge is 0.474 e. The second-order valence-electron chi connectivity index (χ2n) is 3.70. The van der Waals surface area contributed by atoms with E-state index in [1.165, 1.54) is 0 Å². The Morgan fingerprint density at radius 2 is 2.20 bits per heavy atom. The van der Waals surface area contributed by atoms with Crippen molar-refractivity contribution in [3.63, 3.8) is 0 Å². The third-order valence-corrected chi connectivity index (χ3v) is 2.57.